The number of ketones is 2. The normalized spacial score (nSPS) is 20.9. The summed E-state index contributed by atoms with van der Waals surface area (Å²) in [5.41, 5.74) is 3.43. The summed E-state index contributed by atoms with van der Waals surface area (Å²) in [5, 5.41) is 0. The van der Waals surface area contributed by atoms with Crippen molar-refractivity contribution in [3.05, 3.63) is 34.4 Å². The lowest BCUT2D eigenvalue weighted by Crippen LogP contribution is -2.17. The van der Waals surface area contributed by atoms with Crippen LogP contribution < -0.4 is 0 Å². The molecule has 0 heterocycles. The van der Waals surface area contributed by atoms with Gasteiger partial charge in [-0.05, 0) is 49.6 Å². The van der Waals surface area contributed by atoms with Gasteiger partial charge < -0.3 is 0 Å². The quantitative estimate of drug-likeness (QED) is 0.615. The Bertz CT molecular complexity index is 684. The summed E-state index contributed by atoms with van der Waals surface area (Å²) in [7, 11) is 0. The van der Waals surface area contributed by atoms with Crippen molar-refractivity contribution < 1.29 is 9.59 Å². The van der Waals surface area contributed by atoms with Gasteiger partial charge in [0.2, 0.25) is 0 Å². The summed E-state index contributed by atoms with van der Waals surface area (Å²) >= 11 is 0. The van der Waals surface area contributed by atoms with Crippen LogP contribution in [0.5, 0.6) is 0 Å². The van der Waals surface area contributed by atoms with Gasteiger partial charge in [0.05, 0.1) is 0 Å². The fraction of sp³-hybridized carbons (Fsp3) is 0.368. The van der Waals surface area contributed by atoms with E-state index in [0.717, 1.165) is 22.3 Å². The molecule has 2 nitrogen and oxygen atoms in total. The first kappa shape index (κ1) is 15.1. The lowest BCUT2D eigenvalue weighted by atomic mass is 9.86. The van der Waals surface area contributed by atoms with Crippen LogP contribution in [0.2, 0.25) is 0 Å². The minimum Gasteiger partial charge on any atom is -0.298 e. The van der Waals surface area contributed by atoms with Gasteiger partial charge in [-0.3, -0.25) is 9.59 Å². The van der Waals surface area contributed by atoms with Gasteiger partial charge in [-0.25, -0.2) is 0 Å². The maximum atomic E-state index is 12.6. The Kier molecular flexibility index (Phi) is 4.29. The molecule has 0 amide bonds. The zero-order valence-electron chi connectivity index (χ0n) is 12.6. The van der Waals surface area contributed by atoms with Crippen LogP contribution >= 0.6 is 0 Å². The number of benzene rings is 1. The van der Waals surface area contributed by atoms with Crippen molar-refractivity contribution in [2.24, 2.45) is 5.92 Å². The predicted molar refractivity (Wildman–Crippen MR) is 82.8 cm³/mol. The monoisotopic (exact) mass is 278 g/mol. The molecule has 2 heteroatoms. The fourth-order valence-corrected chi connectivity index (χ4v) is 3.07. The molecule has 2 atom stereocenters. The van der Waals surface area contributed by atoms with Crippen LogP contribution in [0.1, 0.15) is 47.9 Å². The number of carbonyl (C=O) groups is 2. The molecular formula is C19H18O2. The van der Waals surface area contributed by atoms with Crippen molar-refractivity contribution in [1.82, 2.24) is 0 Å². The molecule has 0 bridgehead atoms. The van der Waals surface area contributed by atoms with Gasteiger partial charge in [0, 0.05) is 24.3 Å². The highest BCUT2D eigenvalue weighted by atomic mass is 16.2. The lowest BCUT2D eigenvalue weighted by molar-refractivity contribution is -0.124. The Morgan fingerprint density at radius 1 is 1.24 bits per heavy atom. The third-order valence-corrected chi connectivity index (χ3v) is 4.03. The van der Waals surface area contributed by atoms with Crippen molar-refractivity contribution in [3.63, 3.8) is 0 Å². The highest BCUT2D eigenvalue weighted by Gasteiger charge is 2.42. The van der Waals surface area contributed by atoms with E-state index in [4.69, 9.17) is 6.42 Å². The zero-order chi connectivity index (χ0) is 15.6. The molecule has 2 rings (SSSR count). The number of hydrogen-bond donors (Lipinski definition) is 0. The molecule has 2 unspecified atom stereocenters. The van der Waals surface area contributed by atoms with Gasteiger partial charge >= 0.3 is 0 Å². The molecular weight excluding hydrogens is 260 g/mol. The van der Waals surface area contributed by atoms with Crippen LogP contribution in [0.4, 0.5) is 0 Å². The topological polar surface area (TPSA) is 34.1 Å². The van der Waals surface area contributed by atoms with Gasteiger partial charge in [-0.2, -0.15) is 0 Å². The first-order valence-corrected chi connectivity index (χ1v) is 7.03. The van der Waals surface area contributed by atoms with Crippen LogP contribution in [0.3, 0.4) is 0 Å². The maximum Gasteiger partial charge on any atom is 0.152 e. The highest BCUT2D eigenvalue weighted by molar-refractivity contribution is 6.15. The molecule has 1 aromatic carbocycles. The number of terminal acetylenes is 1. The van der Waals surface area contributed by atoms with E-state index in [-0.39, 0.29) is 17.5 Å². The van der Waals surface area contributed by atoms with E-state index < -0.39 is 5.92 Å². The average molecular weight is 278 g/mol. The van der Waals surface area contributed by atoms with Crippen molar-refractivity contribution in [2.45, 2.75) is 39.5 Å². The van der Waals surface area contributed by atoms with E-state index in [1.54, 1.807) is 6.92 Å². The van der Waals surface area contributed by atoms with Crippen LogP contribution in [-0.4, -0.2) is 11.6 Å². The molecule has 0 aliphatic heterocycles. The minimum absolute atomic E-state index is 0.00223. The SMILES string of the molecule is C#Cc1cc(C)c(C2C(=O)CC(CC#CC)C2=O)c(C)c1. The van der Waals surface area contributed by atoms with E-state index in [1.807, 2.05) is 26.0 Å². The zero-order valence-corrected chi connectivity index (χ0v) is 12.6. The summed E-state index contributed by atoms with van der Waals surface area (Å²) in [6, 6.07) is 3.73. The van der Waals surface area contributed by atoms with Gasteiger partial charge in [-0.1, -0.05) is 5.92 Å². The third kappa shape index (κ3) is 2.76. The summed E-state index contributed by atoms with van der Waals surface area (Å²) in [6.45, 7) is 5.55. The summed E-state index contributed by atoms with van der Waals surface area (Å²) in [4.78, 5) is 24.9. The van der Waals surface area contributed by atoms with Gasteiger partial charge in [-0.15, -0.1) is 18.3 Å². The van der Waals surface area contributed by atoms with Crippen LogP contribution in [0, 0.1) is 44.0 Å². The van der Waals surface area contributed by atoms with Crippen LogP contribution in [-0.2, 0) is 9.59 Å². The van der Waals surface area contributed by atoms with Crippen molar-refractivity contribution >= 4 is 11.6 Å². The first-order valence-electron chi connectivity index (χ1n) is 7.03. The third-order valence-electron chi connectivity index (χ3n) is 4.03. The summed E-state index contributed by atoms with van der Waals surface area (Å²) < 4.78 is 0. The largest absolute Gasteiger partial charge is 0.298 e. The molecule has 0 radical (unpaired) electrons. The molecule has 1 aliphatic rings. The Labute approximate surface area is 125 Å². The van der Waals surface area contributed by atoms with Crippen molar-refractivity contribution in [3.8, 4) is 24.2 Å². The van der Waals surface area contributed by atoms with Gasteiger partial charge in [0.15, 0.2) is 5.78 Å². The Balaban J connectivity index is 2.42. The van der Waals surface area contributed by atoms with Crippen LogP contribution in [0.15, 0.2) is 12.1 Å². The van der Waals surface area contributed by atoms with E-state index in [0.29, 0.717) is 12.8 Å². The van der Waals surface area contributed by atoms with E-state index in [1.165, 1.54) is 0 Å². The molecule has 1 aliphatic carbocycles. The molecule has 21 heavy (non-hydrogen) atoms. The standard InChI is InChI=1S/C19H18O2/c1-5-7-8-15-11-16(20)18(19(15)21)17-12(3)9-14(6-2)10-13(17)4/h2,9-10,15,18H,8,11H2,1,3-4H3. The molecule has 0 spiro atoms. The molecule has 1 aromatic rings. The number of rotatable bonds is 2. The number of aryl methyl sites for hydroxylation is 2. The predicted octanol–water partition coefficient (Wildman–Crippen LogP) is 2.94. The number of Topliss-reactive ketones (excluding diaryl/α,β-unsaturated/α-hetero) is 2. The molecule has 1 fully saturated rings. The summed E-state index contributed by atoms with van der Waals surface area (Å²) in [6.07, 6.45) is 6.19. The average Bonchev–Trinajstić information content (AvgIpc) is 2.71. The van der Waals surface area contributed by atoms with Crippen LogP contribution in [0.25, 0.3) is 0 Å². The van der Waals surface area contributed by atoms with Gasteiger partial charge in [0.25, 0.3) is 0 Å². The van der Waals surface area contributed by atoms with Crippen molar-refractivity contribution in [1.29, 1.82) is 0 Å². The molecule has 106 valence electrons. The maximum absolute atomic E-state index is 12.6. The summed E-state index contributed by atoms with van der Waals surface area (Å²) in [5.74, 6) is 7.40. The second kappa shape index (κ2) is 5.98. The molecule has 0 saturated heterocycles. The molecule has 1 saturated carbocycles. The van der Waals surface area contributed by atoms with E-state index >= 15 is 0 Å². The molecule has 0 N–H and O–H groups in total. The second-order valence-corrected chi connectivity index (χ2v) is 5.50. The Hall–Kier alpha value is -2.32. The number of hydrogen-bond acceptors (Lipinski definition) is 2. The van der Waals surface area contributed by atoms with E-state index in [2.05, 4.69) is 17.8 Å². The van der Waals surface area contributed by atoms with E-state index in [9.17, 15) is 9.59 Å². The fourth-order valence-electron chi connectivity index (χ4n) is 3.07. The number of carbonyl (C=O) groups excluding carboxylic acids is 2. The Morgan fingerprint density at radius 3 is 2.38 bits per heavy atom. The molecule has 0 aromatic heterocycles. The first-order chi connectivity index (χ1) is 9.99. The minimum atomic E-state index is -0.638. The Morgan fingerprint density at radius 2 is 1.86 bits per heavy atom. The lowest BCUT2D eigenvalue weighted by Gasteiger charge is -2.15. The van der Waals surface area contributed by atoms with Crippen molar-refractivity contribution in [2.75, 3.05) is 0 Å². The second-order valence-electron chi connectivity index (χ2n) is 5.50. The van der Waals surface area contributed by atoms with Gasteiger partial charge in [0.1, 0.15) is 11.7 Å². The smallest absolute Gasteiger partial charge is 0.152 e. The highest BCUT2D eigenvalue weighted by Crippen LogP contribution is 2.37.